The van der Waals surface area contributed by atoms with Crippen molar-refractivity contribution in [2.45, 2.75) is 25.9 Å². The minimum atomic E-state index is -3.09. The summed E-state index contributed by atoms with van der Waals surface area (Å²) in [6.45, 7) is 1.35. The summed E-state index contributed by atoms with van der Waals surface area (Å²) >= 11 is 0. The standard InChI is InChI=1S/C19H21F3N4O2/c1-13-2-4-14(5-3-13)11-28-18(27)26-7-6-15(19(21,22)12-26)8-23-17-24-9-16(20)10-25-17/h2-5,9-10,15H,6-8,11-12H2,1H3,(H,23,24,25). The number of likely N-dealkylation sites (tertiary alicyclic amines) is 1. The topological polar surface area (TPSA) is 67.3 Å². The maximum atomic E-state index is 14.5. The second-order valence-corrected chi connectivity index (χ2v) is 6.81. The van der Waals surface area contributed by atoms with Gasteiger partial charge in [-0.15, -0.1) is 0 Å². The predicted molar refractivity (Wildman–Crippen MR) is 96.5 cm³/mol. The average molecular weight is 394 g/mol. The Morgan fingerprint density at radius 1 is 1.29 bits per heavy atom. The lowest BCUT2D eigenvalue weighted by molar-refractivity contribution is -0.102. The fourth-order valence-electron chi connectivity index (χ4n) is 2.93. The van der Waals surface area contributed by atoms with Crippen LogP contribution in [0.1, 0.15) is 17.5 Å². The highest BCUT2D eigenvalue weighted by Gasteiger charge is 2.46. The van der Waals surface area contributed by atoms with E-state index in [0.29, 0.717) is 0 Å². The van der Waals surface area contributed by atoms with Crippen LogP contribution in [0.2, 0.25) is 0 Å². The van der Waals surface area contributed by atoms with Gasteiger partial charge in [-0.25, -0.2) is 27.9 Å². The highest BCUT2D eigenvalue weighted by molar-refractivity contribution is 5.68. The molecule has 28 heavy (non-hydrogen) atoms. The summed E-state index contributed by atoms with van der Waals surface area (Å²) in [4.78, 5) is 20.5. The second-order valence-electron chi connectivity index (χ2n) is 6.81. The first-order valence-corrected chi connectivity index (χ1v) is 8.90. The van der Waals surface area contributed by atoms with Crippen molar-refractivity contribution in [1.82, 2.24) is 14.9 Å². The van der Waals surface area contributed by atoms with Crippen LogP contribution in [-0.4, -0.2) is 46.5 Å². The summed E-state index contributed by atoms with van der Waals surface area (Å²) in [6, 6.07) is 7.43. The molecule has 2 aromatic rings. The first kappa shape index (κ1) is 19.9. The fourth-order valence-corrected chi connectivity index (χ4v) is 2.93. The Kier molecular flexibility index (Phi) is 6.01. The number of carbonyl (C=O) groups excluding carboxylic acids is 1. The van der Waals surface area contributed by atoms with Crippen molar-refractivity contribution in [3.63, 3.8) is 0 Å². The van der Waals surface area contributed by atoms with E-state index in [4.69, 9.17) is 4.74 Å². The number of aryl methyl sites for hydroxylation is 1. The van der Waals surface area contributed by atoms with E-state index in [9.17, 15) is 18.0 Å². The molecule has 0 spiro atoms. The van der Waals surface area contributed by atoms with Crippen molar-refractivity contribution in [3.05, 3.63) is 53.6 Å². The zero-order valence-corrected chi connectivity index (χ0v) is 15.4. The Labute approximate surface area is 160 Å². The number of anilines is 1. The van der Waals surface area contributed by atoms with Gasteiger partial charge in [0.2, 0.25) is 5.95 Å². The molecule has 1 aromatic carbocycles. The van der Waals surface area contributed by atoms with E-state index in [0.717, 1.165) is 28.4 Å². The summed E-state index contributed by atoms with van der Waals surface area (Å²) in [6.07, 6.45) is 1.26. The molecule has 1 fully saturated rings. The van der Waals surface area contributed by atoms with E-state index in [2.05, 4.69) is 15.3 Å². The van der Waals surface area contributed by atoms with Crippen LogP contribution in [0.3, 0.4) is 0 Å². The maximum absolute atomic E-state index is 14.5. The smallest absolute Gasteiger partial charge is 0.410 e. The molecule has 1 atom stereocenters. The van der Waals surface area contributed by atoms with Crippen LogP contribution >= 0.6 is 0 Å². The first-order chi connectivity index (χ1) is 13.3. The van der Waals surface area contributed by atoms with E-state index in [-0.39, 0.29) is 32.1 Å². The van der Waals surface area contributed by atoms with Crippen LogP contribution in [0.15, 0.2) is 36.7 Å². The number of halogens is 3. The summed E-state index contributed by atoms with van der Waals surface area (Å²) in [5, 5.41) is 2.69. The molecule has 9 heteroatoms. The molecule has 0 bridgehead atoms. The molecule has 1 aromatic heterocycles. The van der Waals surface area contributed by atoms with Crippen LogP contribution in [0, 0.1) is 18.7 Å². The summed E-state index contributed by atoms with van der Waals surface area (Å²) in [5.74, 6) is -4.61. The highest BCUT2D eigenvalue weighted by Crippen LogP contribution is 2.33. The van der Waals surface area contributed by atoms with E-state index in [1.807, 2.05) is 31.2 Å². The Bertz CT molecular complexity index is 800. The minimum absolute atomic E-state index is 0.0358. The van der Waals surface area contributed by atoms with Gasteiger partial charge in [-0.2, -0.15) is 0 Å². The molecule has 2 heterocycles. The molecule has 1 amide bonds. The maximum Gasteiger partial charge on any atom is 0.410 e. The Morgan fingerprint density at radius 3 is 2.61 bits per heavy atom. The first-order valence-electron chi connectivity index (χ1n) is 8.90. The highest BCUT2D eigenvalue weighted by atomic mass is 19.3. The number of aromatic nitrogens is 2. The van der Waals surface area contributed by atoms with Crippen LogP contribution in [0.25, 0.3) is 0 Å². The van der Waals surface area contributed by atoms with Gasteiger partial charge in [-0.05, 0) is 18.9 Å². The van der Waals surface area contributed by atoms with Crippen molar-refractivity contribution in [2.75, 3.05) is 25.0 Å². The Balaban J connectivity index is 1.49. The molecule has 1 unspecified atom stereocenters. The number of rotatable bonds is 5. The van der Waals surface area contributed by atoms with E-state index >= 15 is 0 Å². The number of nitrogens with one attached hydrogen (secondary N) is 1. The predicted octanol–water partition coefficient (Wildman–Crippen LogP) is 3.63. The molecule has 6 nitrogen and oxygen atoms in total. The third kappa shape index (κ3) is 5.11. The average Bonchev–Trinajstić information content (AvgIpc) is 2.67. The van der Waals surface area contributed by atoms with Crippen LogP contribution < -0.4 is 5.32 Å². The van der Waals surface area contributed by atoms with Gasteiger partial charge in [0.1, 0.15) is 6.61 Å². The second kappa shape index (κ2) is 8.45. The van der Waals surface area contributed by atoms with Crippen LogP contribution in [0.4, 0.5) is 23.9 Å². The lowest BCUT2D eigenvalue weighted by Crippen LogP contribution is -2.52. The van der Waals surface area contributed by atoms with Crippen LogP contribution in [-0.2, 0) is 11.3 Å². The molecule has 3 rings (SSSR count). The zero-order chi connectivity index (χ0) is 20.1. The Hall–Kier alpha value is -2.84. The molecule has 150 valence electrons. The van der Waals surface area contributed by atoms with Gasteiger partial charge in [0.25, 0.3) is 5.92 Å². The van der Waals surface area contributed by atoms with Gasteiger partial charge in [-0.1, -0.05) is 29.8 Å². The van der Waals surface area contributed by atoms with Crippen molar-refractivity contribution >= 4 is 12.0 Å². The largest absolute Gasteiger partial charge is 0.445 e. The van der Waals surface area contributed by atoms with E-state index < -0.39 is 30.3 Å². The van der Waals surface area contributed by atoms with Gasteiger partial charge >= 0.3 is 6.09 Å². The number of carbonyl (C=O) groups is 1. The van der Waals surface area contributed by atoms with Gasteiger partial charge in [0.05, 0.1) is 18.9 Å². The number of hydrogen-bond acceptors (Lipinski definition) is 5. The summed E-state index contributed by atoms with van der Waals surface area (Å²) in [5.41, 5.74) is 1.88. The third-order valence-corrected chi connectivity index (χ3v) is 4.61. The van der Waals surface area contributed by atoms with Crippen molar-refractivity contribution in [2.24, 2.45) is 5.92 Å². The van der Waals surface area contributed by atoms with E-state index in [1.54, 1.807) is 0 Å². The molecular weight excluding hydrogens is 373 g/mol. The summed E-state index contributed by atoms with van der Waals surface area (Å²) in [7, 11) is 0. The molecule has 1 aliphatic rings. The quantitative estimate of drug-likeness (QED) is 0.839. The van der Waals surface area contributed by atoms with Gasteiger partial charge in [-0.3, -0.25) is 0 Å². The van der Waals surface area contributed by atoms with E-state index in [1.165, 1.54) is 0 Å². The molecule has 1 N–H and O–H groups in total. The fraction of sp³-hybridized carbons (Fsp3) is 0.421. The number of amides is 1. The number of alkyl halides is 2. The molecular formula is C19H21F3N4O2. The lowest BCUT2D eigenvalue weighted by Gasteiger charge is -2.37. The lowest BCUT2D eigenvalue weighted by atomic mass is 9.93. The normalized spacial score (nSPS) is 18.6. The Morgan fingerprint density at radius 2 is 1.96 bits per heavy atom. The molecule has 1 saturated heterocycles. The van der Waals surface area contributed by atoms with Crippen molar-refractivity contribution in [1.29, 1.82) is 0 Å². The number of hydrogen-bond donors (Lipinski definition) is 1. The summed E-state index contributed by atoms with van der Waals surface area (Å²) < 4.78 is 46.9. The van der Waals surface area contributed by atoms with Crippen molar-refractivity contribution < 1.29 is 22.7 Å². The van der Waals surface area contributed by atoms with Gasteiger partial charge in [0, 0.05) is 19.0 Å². The minimum Gasteiger partial charge on any atom is -0.445 e. The number of piperidine rings is 1. The molecule has 1 aliphatic heterocycles. The van der Waals surface area contributed by atoms with Crippen molar-refractivity contribution in [3.8, 4) is 0 Å². The molecule has 0 radical (unpaired) electrons. The number of benzene rings is 1. The van der Waals surface area contributed by atoms with Gasteiger partial charge < -0.3 is 15.0 Å². The number of nitrogens with zero attached hydrogens (tertiary/aromatic N) is 3. The van der Waals surface area contributed by atoms with Gasteiger partial charge in [0.15, 0.2) is 5.82 Å². The molecule has 0 saturated carbocycles. The molecule has 0 aliphatic carbocycles. The third-order valence-electron chi connectivity index (χ3n) is 4.61. The number of ether oxygens (including phenoxy) is 1. The monoisotopic (exact) mass is 394 g/mol. The SMILES string of the molecule is Cc1ccc(COC(=O)N2CCC(CNc3ncc(F)cn3)C(F)(F)C2)cc1. The van der Waals surface area contributed by atoms with Crippen LogP contribution in [0.5, 0.6) is 0 Å². The zero-order valence-electron chi connectivity index (χ0n) is 15.4.